The summed E-state index contributed by atoms with van der Waals surface area (Å²) in [5.41, 5.74) is 2.34. The van der Waals surface area contributed by atoms with Gasteiger partial charge in [-0.3, -0.25) is 4.79 Å². The molecule has 0 atom stereocenters. The van der Waals surface area contributed by atoms with Crippen LogP contribution in [0.15, 0.2) is 71.2 Å². The van der Waals surface area contributed by atoms with E-state index in [0.29, 0.717) is 5.56 Å². The molecule has 170 valence electrons. The third kappa shape index (κ3) is 6.48. The number of amides is 1. The predicted molar refractivity (Wildman–Crippen MR) is 143 cm³/mol. The highest BCUT2D eigenvalue weighted by atomic mass is 32.2. The molecule has 1 fully saturated rings. The number of hydrogen-bond acceptors (Lipinski definition) is 7. The molecule has 1 N–H and O–H groups in total. The van der Waals surface area contributed by atoms with Gasteiger partial charge in [0.1, 0.15) is 0 Å². The molecule has 2 aromatic rings. The number of carbonyl (C=O) groups excluding carboxylic acids is 1. The van der Waals surface area contributed by atoms with Crippen molar-refractivity contribution in [2.24, 2.45) is 4.99 Å². The maximum absolute atomic E-state index is 12.8. The first-order chi connectivity index (χ1) is 15.5. The summed E-state index contributed by atoms with van der Waals surface area (Å²) in [5, 5.41) is 4.04. The summed E-state index contributed by atoms with van der Waals surface area (Å²) in [6, 6.07) is 15.7. The van der Waals surface area contributed by atoms with Gasteiger partial charge in [-0.25, -0.2) is 9.30 Å². The Morgan fingerprint density at radius 2 is 1.78 bits per heavy atom. The van der Waals surface area contributed by atoms with E-state index in [1.54, 1.807) is 41.9 Å². The summed E-state index contributed by atoms with van der Waals surface area (Å²) in [7, 11) is 1.96. The van der Waals surface area contributed by atoms with Gasteiger partial charge in [0.2, 0.25) is 0 Å². The van der Waals surface area contributed by atoms with Crippen LogP contribution in [-0.2, 0) is 0 Å². The van der Waals surface area contributed by atoms with Gasteiger partial charge in [0.25, 0.3) is 5.91 Å². The lowest BCUT2D eigenvalue weighted by Gasteiger charge is -2.35. The fraction of sp³-hybridized carbons (Fsp3) is 0.304. The maximum Gasteiger partial charge on any atom is 0.257 e. The number of piperazine rings is 1. The van der Waals surface area contributed by atoms with Crippen LogP contribution < -0.4 is 9.62 Å². The molecule has 1 aliphatic rings. The van der Waals surface area contributed by atoms with Gasteiger partial charge in [0.05, 0.1) is 11.3 Å². The highest BCUT2D eigenvalue weighted by molar-refractivity contribution is 8.13. The van der Waals surface area contributed by atoms with Crippen LogP contribution in [0, 0.1) is 0 Å². The number of nitrogens with zero attached hydrogens (tertiary/aromatic N) is 4. The lowest BCUT2D eigenvalue weighted by molar-refractivity contribution is 0.102. The first-order valence-corrected chi connectivity index (χ1v) is 13.4. The molecule has 32 heavy (non-hydrogen) atoms. The van der Waals surface area contributed by atoms with Crippen LogP contribution >= 0.6 is 35.7 Å². The van der Waals surface area contributed by atoms with Crippen molar-refractivity contribution in [3.8, 4) is 0 Å². The minimum Gasteiger partial charge on any atom is -0.349 e. The monoisotopic (exact) mass is 487 g/mol. The molecule has 2 aromatic carbocycles. The molecule has 0 saturated carbocycles. The molecule has 6 nitrogen and oxygen atoms in total. The van der Waals surface area contributed by atoms with Crippen LogP contribution in [0.5, 0.6) is 0 Å². The van der Waals surface area contributed by atoms with Gasteiger partial charge in [-0.15, -0.1) is 0 Å². The Labute approximate surface area is 203 Å². The molecule has 0 spiro atoms. The van der Waals surface area contributed by atoms with Gasteiger partial charge in [-0.2, -0.15) is 0 Å². The van der Waals surface area contributed by atoms with Crippen molar-refractivity contribution >= 4 is 58.1 Å². The molecule has 3 rings (SSSR count). The molecule has 1 heterocycles. The van der Waals surface area contributed by atoms with Crippen molar-refractivity contribution in [3.63, 3.8) is 0 Å². The Hall–Kier alpha value is -2.07. The molecule has 0 aliphatic carbocycles. The lowest BCUT2D eigenvalue weighted by Crippen LogP contribution is -2.45. The van der Waals surface area contributed by atoms with E-state index >= 15 is 0 Å². The van der Waals surface area contributed by atoms with Crippen LogP contribution in [0.3, 0.4) is 0 Å². The van der Waals surface area contributed by atoms with Crippen LogP contribution in [0.4, 0.5) is 11.4 Å². The van der Waals surface area contributed by atoms with E-state index in [9.17, 15) is 4.79 Å². The van der Waals surface area contributed by atoms with E-state index in [2.05, 4.69) is 38.2 Å². The Kier molecular flexibility index (Phi) is 9.40. The quantitative estimate of drug-likeness (QED) is 0.330. The second-order valence-corrected chi connectivity index (χ2v) is 9.84. The van der Waals surface area contributed by atoms with E-state index < -0.39 is 0 Å². The predicted octanol–water partition coefficient (Wildman–Crippen LogP) is 5.14. The molecule has 1 saturated heterocycles. The fourth-order valence-corrected chi connectivity index (χ4v) is 5.18. The van der Waals surface area contributed by atoms with Gasteiger partial charge in [0.15, 0.2) is 5.17 Å². The molecule has 1 amide bonds. The SMILES string of the molecule is C=CN=C(SC)N1CCN(Sc2ccc(NC(=O)c3ccccc3N(C)SC)cc2)CC1. The summed E-state index contributed by atoms with van der Waals surface area (Å²) >= 11 is 4.98. The summed E-state index contributed by atoms with van der Waals surface area (Å²) in [4.78, 5) is 20.6. The fourth-order valence-electron chi connectivity index (χ4n) is 3.30. The third-order valence-electron chi connectivity index (χ3n) is 5.00. The highest BCUT2D eigenvalue weighted by Gasteiger charge is 2.20. The van der Waals surface area contributed by atoms with Gasteiger partial charge in [-0.1, -0.05) is 42.4 Å². The van der Waals surface area contributed by atoms with Crippen molar-refractivity contribution in [1.29, 1.82) is 0 Å². The summed E-state index contributed by atoms with van der Waals surface area (Å²) in [6.07, 6.45) is 5.64. The molecule has 1 aliphatic heterocycles. The number of para-hydroxylation sites is 1. The summed E-state index contributed by atoms with van der Waals surface area (Å²) in [5.74, 6) is -0.108. The molecule has 0 radical (unpaired) electrons. The van der Waals surface area contributed by atoms with E-state index in [4.69, 9.17) is 0 Å². The molecular formula is C23H29N5OS3. The van der Waals surface area contributed by atoms with Gasteiger partial charge in [0, 0.05) is 56.3 Å². The van der Waals surface area contributed by atoms with Crippen LogP contribution in [0.2, 0.25) is 0 Å². The normalized spacial score (nSPS) is 14.8. The maximum atomic E-state index is 12.8. The number of amidine groups is 1. The van der Waals surface area contributed by atoms with Crippen LogP contribution in [0.1, 0.15) is 10.4 Å². The summed E-state index contributed by atoms with van der Waals surface area (Å²) < 4.78 is 4.35. The van der Waals surface area contributed by atoms with Crippen molar-refractivity contribution in [1.82, 2.24) is 9.21 Å². The third-order valence-corrected chi connectivity index (χ3v) is 7.58. The van der Waals surface area contributed by atoms with Crippen molar-refractivity contribution in [2.75, 3.05) is 55.4 Å². The number of anilines is 2. The van der Waals surface area contributed by atoms with Crippen molar-refractivity contribution in [2.45, 2.75) is 4.90 Å². The number of rotatable bonds is 7. The standard InChI is InChI=1S/C23H29N5OS3/c1-5-24-23(30-3)27-14-16-28(17-15-27)32-19-12-10-18(11-13-19)25-22(29)20-8-6-7-9-21(20)26(2)31-4/h5-13H,1,14-17H2,2-4H3,(H,25,29). The minimum atomic E-state index is -0.108. The number of nitrogens with one attached hydrogen (secondary N) is 1. The molecular weight excluding hydrogens is 458 g/mol. The Morgan fingerprint density at radius 1 is 1.09 bits per heavy atom. The first kappa shape index (κ1) is 24.6. The number of aliphatic imine (C=N–C) groups is 1. The largest absolute Gasteiger partial charge is 0.349 e. The van der Waals surface area contributed by atoms with Crippen LogP contribution in [0.25, 0.3) is 0 Å². The summed E-state index contributed by atoms with van der Waals surface area (Å²) in [6.45, 7) is 7.50. The number of carbonyl (C=O) groups is 1. The Balaban J connectivity index is 1.56. The molecule has 9 heteroatoms. The lowest BCUT2D eigenvalue weighted by atomic mass is 10.1. The highest BCUT2D eigenvalue weighted by Crippen LogP contribution is 2.27. The van der Waals surface area contributed by atoms with Crippen LogP contribution in [-0.4, -0.2) is 66.0 Å². The zero-order valence-corrected chi connectivity index (χ0v) is 21.1. The van der Waals surface area contributed by atoms with Gasteiger partial charge < -0.3 is 14.5 Å². The van der Waals surface area contributed by atoms with Gasteiger partial charge in [-0.05, 0) is 54.6 Å². The first-order valence-electron chi connectivity index (χ1n) is 10.2. The van der Waals surface area contributed by atoms with E-state index in [1.807, 2.05) is 60.3 Å². The zero-order valence-electron chi connectivity index (χ0n) is 18.7. The Bertz CT molecular complexity index is 943. The Morgan fingerprint density at radius 3 is 2.41 bits per heavy atom. The number of thioether (sulfide) groups is 1. The van der Waals surface area contributed by atoms with Gasteiger partial charge >= 0.3 is 0 Å². The topological polar surface area (TPSA) is 51.2 Å². The van der Waals surface area contributed by atoms with Crippen molar-refractivity contribution in [3.05, 3.63) is 66.9 Å². The number of hydrogen-bond donors (Lipinski definition) is 1. The average molecular weight is 488 g/mol. The number of benzene rings is 2. The zero-order chi connectivity index (χ0) is 22.9. The smallest absolute Gasteiger partial charge is 0.257 e. The van der Waals surface area contributed by atoms with E-state index in [1.165, 1.54) is 0 Å². The second-order valence-electron chi connectivity index (χ2n) is 6.98. The molecule has 0 aromatic heterocycles. The second kappa shape index (κ2) is 12.2. The van der Waals surface area contributed by atoms with E-state index in [0.717, 1.165) is 47.6 Å². The molecule has 0 bridgehead atoms. The minimum absolute atomic E-state index is 0.108. The average Bonchev–Trinajstić information content (AvgIpc) is 2.84. The van der Waals surface area contributed by atoms with Crippen molar-refractivity contribution < 1.29 is 4.79 Å². The van der Waals surface area contributed by atoms with E-state index in [-0.39, 0.29) is 5.91 Å². The molecule has 0 unspecified atom stereocenters.